The molecule has 0 aliphatic carbocycles. The molecule has 0 radical (unpaired) electrons. The largest absolute Gasteiger partial charge is 0.378 e. The maximum absolute atomic E-state index is 12.2. The van der Waals surface area contributed by atoms with Gasteiger partial charge in [0.1, 0.15) is 0 Å². The fraction of sp³-hybridized carbons (Fsp3) is 0.786. The van der Waals surface area contributed by atoms with Gasteiger partial charge in [-0.15, -0.1) is 0 Å². The Morgan fingerprint density at radius 2 is 1.86 bits per heavy atom. The van der Waals surface area contributed by atoms with Crippen LogP contribution in [0.2, 0.25) is 0 Å². The Kier molecular flexibility index (Phi) is 8.19. The van der Waals surface area contributed by atoms with Crippen molar-refractivity contribution in [1.29, 1.82) is 0 Å². The third-order valence-corrected chi connectivity index (χ3v) is 4.95. The average molecular weight is 319 g/mol. The number of carbonyl (C=O) groups is 1. The van der Waals surface area contributed by atoms with E-state index in [1.165, 1.54) is 5.82 Å². The van der Waals surface area contributed by atoms with E-state index >= 15 is 0 Å². The fourth-order valence-corrected chi connectivity index (χ4v) is 3.42. The minimum atomic E-state index is -3.16. The van der Waals surface area contributed by atoms with E-state index in [1.807, 2.05) is 11.8 Å². The fourth-order valence-electron chi connectivity index (χ4n) is 2.07. The van der Waals surface area contributed by atoms with E-state index in [-0.39, 0.29) is 11.8 Å². The van der Waals surface area contributed by atoms with Gasteiger partial charge in [-0.25, -0.2) is 0 Å². The van der Waals surface area contributed by atoms with Crippen molar-refractivity contribution in [3.63, 3.8) is 0 Å². The molecule has 7 heteroatoms. The van der Waals surface area contributed by atoms with Crippen molar-refractivity contribution >= 4 is 13.5 Å². The van der Waals surface area contributed by atoms with E-state index in [0.717, 1.165) is 0 Å². The number of amides is 1. The lowest BCUT2D eigenvalue weighted by Crippen LogP contribution is -2.43. The summed E-state index contributed by atoms with van der Waals surface area (Å²) in [6.07, 6.45) is 2.23. The Hall–Kier alpha value is -0.680. The molecular weight excluding hydrogens is 293 g/mol. The molecule has 1 rings (SSSR count). The SMILES string of the molecule is CCOP(=O)(/C=C/CC(C)C(=O)N1CCOCC1)OCC. The Morgan fingerprint density at radius 3 is 2.38 bits per heavy atom. The maximum Gasteiger partial charge on any atom is 0.353 e. The lowest BCUT2D eigenvalue weighted by molar-refractivity contribution is -0.139. The molecule has 0 bridgehead atoms. The van der Waals surface area contributed by atoms with Crippen LogP contribution in [0.25, 0.3) is 0 Å². The number of carbonyl (C=O) groups excluding carboxylic acids is 1. The minimum Gasteiger partial charge on any atom is -0.378 e. The molecule has 21 heavy (non-hydrogen) atoms. The summed E-state index contributed by atoms with van der Waals surface area (Å²) >= 11 is 0. The summed E-state index contributed by atoms with van der Waals surface area (Å²) in [7, 11) is -3.16. The van der Waals surface area contributed by atoms with E-state index in [0.29, 0.717) is 45.9 Å². The molecule has 1 heterocycles. The van der Waals surface area contributed by atoms with Gasteiger partial charge in [0, 0.05) is 24.8 Å². The summed E-state index contributed by atoms with van der Waals surface area (Å²) in [6.45, 7) is 8.53. The van der Waals surface area contributed by atoms with Crippen molar-refractivity contribution in [2.75, 3.05) is 39.5 Å². The molecule has 1 amide bonds. The van der Waals surface area contributed by atoms with E-state index in [2.05, 4.69) is 0 Å². The highest BCUT2D eigenvalue weighted by molar-refractivity contribution is 7.57. The van der Waals surface area contributed by atoms with Crippen molar-refractivity contribution in [2.45, 2.75) is 27.2 Å². The first-order valence-electron chi connectivity index (χ1n) is 7.45. The van der Waals surface area contributed by atoms with Gasteiger partial charge in [-0.3, -0.25) is 9.36 Å². The number of morpholine rings is 1. The third kappa shape index (κ3) is 6.30. The highest BCUT2D eigenvalue weighted by Crippen LogP contribution is 2.49. The van der Waals surface area contributed by atoms with Crippen LogP contribution in [0.15, 0.2) is 11.9 Å². The van der Waals surface area contributed by atoms with Gasteiger partial charge in [-0.1, -0.05) is 13.0 Å². The van der Waals surface area contributed by atoms with Crippen LogP contribution in [-0.2, 0) is 23.1 Å². The van der Waals surface area contributed by atoms with Gasteiger partial charge < -0.3 is 18.7 Å². The quantitative estimate of drug-likeness (QED) is 0.644. The van der Waals surface area contributed by atoms with Crippen LogP contribution in [-0.4, -0.2) is 50.3 Å². The number of rotatable bonds is 8. The first-order valence-corrected chi connectivity index (χ1v) is 9.06. The highest BCUT2D eigenvalue weighted by atomic mass is 31.2. The molecule has 0 aromatic heterocycles. The number of allylic oxidation sites excluding steroid dienone is 1. The summed E-state index contributed by atoms with van der Waals surface area (Å²) in [6, 6.07) is 0. The average Bonchev–Trinajstić information content (AvgIpc) is 2.47. The van der Waals surface area contributed by atoms with Gasteiger partial charge in [0.15, 0.2) is 0 Å². The summed E-state index contributed by atoms with van der Waals surface area (Å²) in [5.41, 5.74) is 0. The Bertz CT molecular complexity index is 383. The lowest BCUT2D eigenvalue weighted by Gasteiger charge is -2.29. The summed E-state index contributed by atoms with van der Waals surface area (Å²) < 4.78 is 27.8. The van der Waals surface area contributed by atoms with Gasteiger partial charge in [0.05, 0.1) is 26.4 Å². The normalized spacial score (nSPS) is 18.1. The molecular formula is C14H26NO5P. The van der Waals surface area contributed by atoms with Gasteiger partial charge in [-0.05, 0) is 20.3 Å². The maximum atomic E-state index is 12.2. The monoisotopic (exact) mass is 319 g/mol. The van der Waals surface area contributed by atoms with Crippen LogP contribution in [0, 0.1) is 5.92 Å². The van der Waals surface area contributed by atoms with Crippen LogP contribution < -0.4 is 0 Å². The van der Waals surface area contributed by atoms with Crippen LogP contribution >= 0.6 is 7.60 Å². The molecule has 1 fully saturated rings. The van der Waals surface area contributed by atoms with Crippen LogP contribution in [0.4, 0.5) is 0 Å². The number of nitrogens with zero attached hydrogens (tertiary/aromatic N) is 1. The van der Waals surface area contributed by atoms with Crippen molar-refractivity contribution in [3.05, 3.63) is 11.9 Å². The molecule has 6 nitrogen and oxygen atoms in total. The van der Waals surface area contributed by atoms with Crippen LogP contribution in [0.5, 0.6) is 0 Å². The summed E-state index contributed by atoms with van der Waals surface area (Å²) in [4.78, 5) is 14.0. The summed E-state index contributed by atoms with van der Waals surface area (Å²) in [5.74, 6) is 1.41. The van der Waals surface area contributed by atoms with Gasteiger partial charge in [0.2, 0.25) is 5.91 Å². The molecule has 0 aromatic rings. The predicted molar refractivity (Wildman–Crippen MR) is 81.2 cm³/mol. The first kappa shape index (κ1) is 18.4. The zero-order chi connectivity index (χ0) is 15.7. The standard InChI is InChI=1S/C14H26NO5P/c1-4-19-21(17,20-5-2)12-6-7-13(3)14(16)15-8-10-18-11-9-15/h6,12-13H,4-5,7-11H2,1-3H3/b12-6+. The van der Waals surface area contributed by atoms with Crippen molar-refractivity contribution in [1.82, 2.24) is 4.90 Å². The molecule has 0 saturated carbocycles. The third-order valence-electron chi connectivity index (χ3n) is 3.14. The molecule has 0 spiro atoms. The minimum absolute atomic E-state index is 0.102. The molecule has 1 saturated heterocycles. The number of ether oxygens (including phenoxy) is 1. The second-order valence-electron chi connectivity index (χ2n) is 4.83. The molecule has 1 atom stereocenters. The van der Waals surface area contributed by atoms with Gasteiger partial charge >= 0.3 is 7.60 Å². The molecule has 0 N–H and O–H groups in total. The second kappa shape index (κ2) is 9.36. The van der Waals surface area contributed by atoms with Crippen molar-refractivity contribution in [2.24, 2.45) is 5.92 Å². The van der Waals surface area contributed by atoms with Crippen LogP contribution in [0.1, 0.15) is 27.2 Å². The van der Waals surface area contributed by atoms with Gasteiger partial charge in [0.25, 0.3) is 0 Å². The molecule has 122 valence electrons. The van der Waals surface area contributed by atoms with Crippen LogP contribution in [0.3, 0.4) is 0 Å². The Balaban J connectivity index is 2.49. The van der Waals surface area contributed by atoms with E-state index < -0.39 is 7.60 Å². The van der Waals surface area contributed by atoms with Crippen molar-refractivity contribution < 1.29 is 23.1 Å². The molecule has 1 aliphatic heterocycles. The van der Waals surface area contributed by atoms with E-state index in [9.17, 15) is 9.36 Å². The zero-order valence-electron chi connectivity index (χ0n) is 13.1. The van der Waals surface area contributed by atoms with E-state index in [1.54, 1.807) is 19.9 Å². The van der Waals surface area contributed by atoms with Crippen molar-refractivity contribution in [3.8, 4) is 0 Å². The first-order chi connectivity index (χ1) is 10.0. The topological polar surface area (TPSA) is 65.1 Å². The lowest BCUT2D eigenvalue weighted by atomic mass is 10.1. The zero-order valence-corrected chi connectivity index (χ0v) is 14.0. The predicted octanol–water partition coefficient (Wildman–Crippen LogP) is 2.65. The number of hydrogen-bond donors (Lipinski definition) is 0. The smallest absolute Gasteiger partial charge is 0.353 e. The second-order valence-corrected chi connectivity index (χ2v) is 6.73. The highest BCUT2D eigenvalue weighted by Gasteiger charge is 2.23. The molecule has 1 aliphatic rings. The Labute approximate surface area is 127 Å². The van der Waals surface area contributed by atoms with Gasteiger partial charge in [-0.2, -0.15) is 0 Å². The molecule has 1 unspecified atom stereocenters. The summed E-state index contributed by atoms with van der Waals surface area (Å²) in [5, 5.41) is 0. The Morgan fingerprint density at radius 1 is 1.29 bits per heavy atom. The number of hydrogen-bond acceptors (Lipinski definition) is 5. The van der Waals surface area contributed by atoms with E-state index in [4.69, 9.17) is 13.8 Å². The molecule has 0 aromatic carbocycles.